The predicted molar refractivity (Wildman–Crippen MR) is 101 cm³/mol. The van der Waals surface area contributed by atoms with Crippen molar-refractivity contribution < 1.29 is 4.79 Å². The minimum absolute atomic E-state index is 0.00665. The Bertz CT molecular complexity index is 722. The lowest BCUT2D eigenvalue weighted by atomic mass is 10.0. The van der Waals surface area contributed by atoms with E-state index in [1.807, 2.05) is 48.5 Å². The minimum atomic E-state index is -0.223. The van der Waals surface area contributed by atoms with Crippen molar-refractivity contribution in [3.63, 3.8) is 0 Å². The zero-order chi connectivity index (χ0) is 18.0. The van der Waals surface area contributed by atoms with Gasteiger partial charge in [0.05, 0.1) is 17.7 Å². The predicted octanol–water partition coefficient (Wildman–Crippen LogP) is 4.53. The van der Waals surface area contributed by atoms with E-state index in [1.54, 1.807) is 6.20 Å². The number of carbonyl (C=O) groups excluding carboxylic acids is 1. The van der Waals surface area contributed by atoms with Crippen LogP contribution in [0.15, 0.2) is 66.4 Å². The molecule has 1 saturated carbocycles. The molecule has 3 rings (SSSR count). The van der Waals surface area contributed by atoms with E-state index < -0.39 is 0 Å². The molecule has 1 N–H and O–H groups in total. The first-order chi connectivity index (χ1) is 11.9. The fourth-order valence-electron chi connectivity index (χ4n) is 3.60. The van der Waals surface area contributed by atoms with Crippen molar-refractivity contribution in [1.82, 2.24) is 10.3 Å². The van der Waals surface area contributed by atoms with Gasteiger partial charge in [0.1, 0.15) is 0 Å². The second-order valence-corrected chi connectivity index (χ2v) is 7.68. The molecule has 1 aliphatic carbocycles. The molecule has 2 aromatic rings. The molecule has 25 heavy (non-hydrogen) atoms. The van der Waals surface area contributed by atoms with Crippen molar-refractivity contribution in [3.8, 4) is 0 Å². The van der Waals surface area contributed by atoms with Gasteiger partial charge in [-0.15, -0.1) is 0 Å². The van der Waals surface area contributed by atoms with Gasteiger partial charge in [-0.1, -0.05) is 61.9 Å². The summed E-state index contributed by atoms with van der Waals surface area (Å²) in [6, 6.07) is 15.6. The highest BCUT2D eigenvalue weighted by Gasteiger charge is 2.60. The molecule has 0 bridgehead atoms. The maximum atomic E-state index is 13.0. The monoisotopic (exact) mass is 334 g/mol. The molecule has 1 amide bonds. The van der Waals surface area contributed by atoms with Gasteiger partial charge >= 0.3 is 0 Å². The van der Waals surface area contributed by atoms with Crippen LogP contribution in [0.4, 0.5) is 0 Å². The first-order valence-electron chi connectivity index (χ1n) is 8.82. The highest BCUT2D eigenvalue weighted by atomic mass is 16.2. The summed E-state index contributed by atoms with van der Waals surface area (Å²) >= 11 is 0. The Morgan fingerprint density at radius 2 is 1.80 bits per heavy atom. The molecule has 1 aromatic heterocycles. The number of aromatic nitrogens is 1. The fraction of sp³-hybridized carbons (Fsp3) is 0.364. The quantitative estimate of drug-likeness (QED) is 0.817. The first kappa shape index (κ1) is 17.4. The van der Waals surface area contributed by atoms with Gasteiger partial charge in [-0.05, 0) is 42.9 Å². The molecule has 0 aliphatic heterocycles. The van der Waals surface area contributed by atoms with E-state index >= 15 is 0 Å². The maximum absolute atomic E-state index is 13.0. The Labute approximate surface area is 150 Å². The van der Waals surface area contributed by atoms with Crippen LogP contribution in [0.1, 0.15) is 45.0 Å². The lowest BCUT2D eigenvalue weighted by Crippen LogP contribution is -2.32. The summed E-state index contributed by atoms with van der Waals surface area (Å²) in [5.74, 6) is 0.419. The van der Waals surface area contributed by atoms with Gasteiger partial charge in [-0.25, -0.2) is 0 Å². The number of carbonyl (C=O) groups is 1. The van der Waals surface area contributed by atoms with Gasteiger partial charge in [0.2, 0.25) is 5.91 Å². The summed E-state index contributed by atoms with van der Waals surface area (Å²) < 4.78 is 0. The van der Waals surface area contributed by atoms with Crippen LogP contribution >= 0.6 is 0 Å². The Morgan fingerprint density at radius 1 is 1.12 bits per heavy atom. The molecule has 0 saturated heterocycles. The average molecular weight is 334 g/mol. The van der Waals surface area contributed by atoms with E-state index in [0.29, 0.717) is 5.92 Å². The van der Waals surface area contributed by atoms with Gasteiger partial charge < -0.3 is 5.32 Å². The molecule has 0 radical (unpaired) electrons. The Morgan fingerprint density at radius 3 is 2.40 bits per heavy atom. The average Bonchev–Trinajstić information content (AvgIpc) is 3.13. The normalized spacial score (nSPS) is 21.9. The molecular weight excluding hydrogens is 308 g/mol. The van der Waals surface area contributed by atoms with Crippen molar-refractivity contribution in [1.29, 1.82) is 0 Å². The maximum Gasteiger partial charge on any atom is 0.225 e. The minimum Gasteiger partial charge on any atom is -0.343 e. The van der Waals surface area contributed by atoms with Crippen LogP contribution in [-0.2, 0) is 4.79 Å². The van der Waals surface area contributed by atoms with Crippen molar-refractivity contribution in [3.05, 3.63) is 77.6 Å². The summed E-state index contributed by atoms with van der Waals surface area (Å²) in [6.45, 7) is 8.51. The molecule has 3 atom stereocenters. The second kappa shape index (κ2) is 6.83. The first-order valence-corrected chi connectivity index (χ1v) is 8.82. The number of hydrogen-bond donors (Lipinski definition) is 1. The fourth-order valence-corrected chi connectivity index (χ4v) is 3.60. The van der Waals surface area contributed by atoms with Crippen LogP contribution in [0.5, 0.6) is 0 Å². The third-order valence-corrected chi connectivity index (χ3v) is 5.11. The number of nitrogens with zero attached hydrogens (tertiary/aromatic N) is 1. The summed E-state index contributed by atoms with van der Waals surface area (Å²) in [5.41, 5.74) is 3.18. The van der Waals surface area contributed by atoms with Crippen LogP contribution in [0, 0.1) is 17.3 Å². The molecule has 1 aromatic carbocycles. The summed E-state index contributed by atoms with van der Waals surface area (Å²) in [5, 5.41) is 3.24. The SMILES string of the molecule is CC(C)=CC1C(C(=O)NC(c2ccccc2)c2ccccn2)C1(C)C. The van der Waals surface area contributed by atoms with E-state index in [0.717, 1.165) is 11.3 Å². The number of rotatable bonds is 5. The third kappa shape index (κ3) is 3.65. The van der Waals surface area contributed by atoms with Gasteiger partial charge in [0, 0.05) is 6.20 Å². The van der Waals surface area contributed by atoms with E-state index in [-0.39, 0.29) is 23.3 Å². The van der Waals surface area contributed by atoms with Crippen molar-refractivity contribution in [2.24, 2.45) is 17.3 Å². The van der Waals surface area contributed by atoms with Crippen LogP contribution in [0.2, 0.25) is 0 Å². The van der Waals surface area contributed by atoms with E-state index in [1.165, 1.54) is 5.57 Å². The van der Waals surface area contributed by atoms with Crippen LogP contribution in [-0.4, -0.2) is 10.9 Å². The summed E-state index contributed by atoms with van der Waals surface area (Å²) in [4.78, 5) is 17.5. The molecule has 3 heteroatoms. The zero-order valence-electron chi connectivity index (χ0n) is 15.4. The van der Waals surface area contributed by atoms with Crippen LogP contribution < -0.4 is 5.32 Å². The summed E-state index contributed by atoms with van der Waals surface area (Å²) in [7, 11) is 0. The number of amides is 1. The van der Waals surface area contributed by atoms with Gasteiger partial charge in [-0.2, -0.15) is 0 Å². The van der Waals surface area contributed by atoms with Crippen molar-refractivity contribution in [2.75, 3.05) is 0 Å². The second-order valence-electron chi connectivity index (χ2n) is 7.68. The van der Waals surface area contributed by atoms with E-state index in [9.17, 15) is 4.79 Å². The highest BCUT2D eigenvalue weighted by molar-refractivity contribution is 5.84. The number of pyridine rings is 1. The molecule has 130 valence electrons. The standard InChI is InChI=1S/C22H26N2O/c1-15(2)14-17-19(22(17,3)4)21(25)24-20(16-10-6-5-7-11-16)18-12-8-9-13-23-18/h5-14,17,19-20H,1-4H3,(H,24,25). The molecule has 0 spiro atoms. The topological polar surface area (TPSA) is 42.0 Å². The molecule has 1 aliphatic rings. The Hall–Kier alpha value is -2.42. The van der Waals surface area contributed by atoms with Crippen LogP contribution in [0.3, 0.4) is 0 Å². The van der Waals surface area contributed by atoms with Gasteiger partial charge in [0.15, 0.2) is 0 Å². The van der Waals surface area contributed by atoms with Gasteiger partial charge in [-0.3, -0.25) is 9.78 Å². The highest BCUT2D eigenvalue weighted by Crippen LogP contribution is 2.59. The lowest BCUT2D eigenvalue weighted by molar-refractivity contribution is -0.123. The number of allylic oxidation sites excluding steroid dienone is 2. The molecule has 3 unspecified atom stereocenters. The third-order valence-electron chi connectivity index (χ3n) is 5.11. The molecule has 1 fully saturated rings. The van der Waals surface area contributed by atoms with Crippen LogP contribution in [0.25, 0.3) is 0 Å². The van der Waals surface area contributed by atoms with Gasteiger partial charge in [0.25, 0.3) is 0 Å². The lowest BCUT2D eigenvalue weighted by Gasteiger charge is -2.19. The number of nitrogens with one attached hydrogen (secondary N) is 1. The zero-order valence-corrected chi connectivity index (χ0v) is 15.4. The van der Waals surface area contributed by atoms with E-state index in [4.69, 9.17) is 0 Å². The Balaban J connectivity index is 1.84. The summed E-state index contributed by atoms with van der Waals surface area (Å²) in [6.07, 6.45) is 3.99. The molecule has 3 nitrogen and oxygen atoms in total. The Kier molecular flexibility index (Phi) is 4.76. The van der Waals surface area contributed by atoms with E-state index in [2.05, 4.69) is 44.1 Å². The van der Waals surface area contributed by atoms with Crippen molar-refractivity contribution >= 4 is 5.91 Å². The number of hydrogen-bond acceptors (Lipinski definition) is 2. The largest absolute Gasteiger partial charge is 0.343 e. The smallest absolute Gasteiger partial charge is 0.225 e. The number of benzene rings is 1. The molecular formula is C22H26N2O. The van der Waals surface area contributed by atoms with Crippen molar-refractivity contribution in [2.45, 2.75) is 33.7 Å². The molecule has 1 heterocycles.